The second-order valence-corrected chi connectivity index (χ2v) is 8.67. The Hall–Kier alpha value is -4.14. The van der Waals surface area contributed by atoms with Crippen LogP contribution in [0.4, 0.5) is 5.95 Å². The van der Waals surface area contributed by atoms with Crippen LogP contribution in [0.3, 0.4) is 0 Å². The van der Waals surface area contributed by atoms with Crippen LogP contribution in [0.5, 0.6) is 11.5 Å². The number of carbonyl (C=O) groups is 2. The van der Waals surface area contributed by atoms with Crippen molar-refractivity contribution in [3.05, 3.63) is 77.1 Å². The Morgan fingerprint density at radius 2 is 1.86 bits per heavy atom. The van der Waals surface area contributed by atoms with Crippen molar-refractivity contribution in [2.75, 3.05) is 24.6 Å². The van der Waals surface area contributed by atoms with Crippen LogP contribution in [0.25, 0.3) is 0 Å². The highest BCUT2D eigenvalue weighted by Gasteiger charge is 2.24. The molecule has 4 rings (SSSR count). The van der Waals surface area contributed by atoms with Crippen molar-refractivity contribution < 1.29 is 24.2 Å². The van der Waals surface area contributed by atoms with E-state index in [1.165, 1.54) is 12.4 Å². The van der Waals surface area contributed by atoms with Gasteiger partial charge in [0.2, 0.25) is 5.95 Å². The lowest BCUT2D eigenvalue weighted by molar-refractivity contribution is 0.0696. The molecule has 0 unspecified atom stereocenters. The summed E-state index contributed by atoms with van der Waals surface area (Å²) in [6.07, 6.45) is 4.83. The van der Waals surface area contributed by atoms with Gasteiger partial charge in [0.25, 0.3) is 5.91 Å². The van der Waals surface area contributed by atoms with Crippen molar-refractivity contribution in [1.82, 2.24) is 15.3 Å². The van der Waals surface area contributed by atoms with Gasteiger partial charge >= 0.3 is 5.97 Å². The maximum atomic E-state index is 12.6. The third kappa shape index (κ3) is 6.29. The van der Waals surface area contributed by atoms with Crippen molar-refractivity contribution in [2.24, 2.45) is 0 Å². The van der Waals surface area contributed by atoms with E-state index in [0.29, 0.717) is 30.2 Å². The SMILES string of the molecule is CCOc1ccccc1O[C@@H]1CCCN(c2ncc(C(=O)NCc3cc(C)cc(C(=O)O)c3)cn2)C1. The lowest BCUT2D eigenvalue weighted by Gasteiger charge is -2.33. The largest absolute Gasteiger partial charge is 0.490 e. The average molecular weight is 491 g/mol. The number of carboxylic acid groups (broad SMARTS) is 1. The molecule has 2 aromatic carbocycles. The molecule has 1 amide bonds. The summed E-state index contributed by atoms with van der Waals surface area (Å²) in [7, 11) is 0. The third-order valence-electron chi connectivity index (χ3n) is 5.84. The fourth-order valence-corrected chi connectivity index (χ4v) is 4.19. The highest BCUT2D eigenvalue weighted by molar-refractivity contribution is 5.93. The Bertz CT molecular complexity index is 1220. The first kappa shape index (κ1) is 25.0. The topological polar surface area (TPSA) is 114 Å². The van der Waals surface area contributed by atoms with Crippen molar-refractivity contribution in [1.29, 1.82) is 0 Å². The van der Waals surface area contributed by atoms with Gasteiger partial charge in [0.1, 0.15) is 6.10 Å². The third-order valence-corrected chi connectivity index (χ3v) is 5.84. The molecule has 1 atom stereocenters. The van der Waals surface area contributed by atoms with E-state index in [1.807, 2.05) is 44.2 Å². The normalized spacial score (nSPS) is 15.3. The van der Waals surface area contributed by atoms with Gasteiger partial charge < -0.3 is 24.8 Å². The van der Waals surface area contributed by atoms with Gasteiger partial charge in [-0.1, -0.05) is 18.2 Å². The molecule has 0 spiro atoms. The lowest BCUT2D eigenvalue weighted by atomic mass is 10.1. The summed E-state index contributed by atoms with van der Waals surface area (Å²) in [5.41, 5.74) is 2.05. The summed E-state index contributed by atoms with van der Waals surface area (Å²) in [6.45, 7) is 5.97. The Morgan fingerprint density at radius 1 is 1.11 bits per heavy atom. The number of nitrogens with zero attached hydrogens (tertiary/aromatic N) is 3. The molecule has 1 aliphatic rings. The number of rotatable bonds is 9. The summed E-state index contributed by atoms with van der Waals surface area (Å²) in [6, 6.07) is 12.6. The lowest BCUT2D eigenvalue weighted by Crippen LogP contribution is -2.42. The number of ether oxygens (including phenoxy) is 2. The number of piperidine rings is 1. The smallest absolute Gasteiger partial charge is 0.335 e. The molecular weight excluding hydrogens is 460 g/mol. The van der Waals surface area contributed by atoms with Crippen LogP contribution < -0.4 is 19.7 Å². The maximum absolute atomic E-state index is 12.6. The van der Waals surface area contributed by atoms with Crippen LogP contribution in [-0.4, -0.2) is 52.8 Å². The summed E-state index contributed by atoms with van der Waals surface area (Å²) in [5.74, 6) is 0.672. The van der Waals surface area contributed by atoms with Crippen LogP contribution in [0.2, 0.25) is 0 Å². The number of aromatic carboxylic acids is 1. The Morgan fingerprint density at radius 3 is 2.58 bits per heavy atom. The maximum Gasteiger partial charge on any atom is 0.335 e. The van der Waals surface area contributed by atoms with E-state index in [2.05, 4.69) is 20.2 Å². The fraction of sp³-hybridized carbons (Fsp3) is 0.333. The van der Waals surface area contributed by atoms with E-state index in [9.17, 15) is 14.7 Å². The molecule has 0 saturated carbocycles. The molecule has 1 fully saturated rings. The number of benzene rings is 2. The zero-order valence-electron chi connectivity index (χ0n) is 20.4. The van der Waals surface area contributed by atoms with Gasteiger partial charge in [-0.2, -0.15) is 0 Å². The van der Waals surface area contributed by atoms with Gasteiger partial charge in [-0.05, 0) is 62.1 Å². The number of para-hydroxylation sites is 2. The first-order chi connectivity index (χ1) is 17.4. The second kappa shape index (κ2) is 11.5. The number of hydrogen-bond acceptors (Lipinski definition) is 7. The van der Waals surface area contributed by atoms with Gasteiger partial charge in [0.05, 0.1) is 24.3 Å². The van der Waals surface area contributed by atoms with Crippen LogP contribution in [0.1, 0.15) is 51.6 Å². The van der Waals surface area contributed by atoms with E-state index in [1.54, 1.807) is 12.1 Å². The minimum absolute atomic E-state index is 0.0306. The molecule has 1 aliphatic heterocycles. The minimum Gasteiger partial charge on any atom is -0.490 e. The zero-order chi connectivity index (χ0) is 25.5. The van der Waals surface area contributed by atoms with E-state index >= 15 is 0 Å². The number of aromatic nitrogens is 2. The molecule has 9 nitrogen and oxygen atoms in total. The standard InChI is InChI=1S/C27H30N4O5/c1-3-35-23-8-4-5-9-24(23)36-22-7-6-10-31(17-22)27-29-15-21(16-30-27)25(32)28-14-19-11-18(2)12-20(13-19)26(33)34/h4-5,8-9,11-13,15-16,22H,3,6-7,10,14,17H2,1-2H3,(H,28,32)(H,33,34)/t22-/m1/s1. The predicted molar refractivity (Wildman–Crippen MR) is 135 cm³/mol. The number of nitrogens with one attached hydrogen (secondary N) is 1. The van der Waals surface area contributed by atoms with Crippen LogP contribution in [0.15, 0.2) is 54.9 Å². The van der Waals surface area contributed by atoms with Crippen molar-refractivity contribution in [2.45, 2.75) is 39.3 Å². The molecule has 2 N–H and O–H groups in total. The van der Waals surface area contributed by atoms with E-state index in [0.717, 1.165) is 36.4 Å². The number of anilines is 1. The van der Waals surface area contributed by atoms with E-state index in [4.69, 9.17) is 9.47 Å². The highest BCUT2D eigenvalue weighted by atomic mass is 16.5. The average Bonchev–Trinajstić information content (AvgIpc) is 2.88. The number of hydrogen-bond donors (Lipinski definition) is 2. The summed E-state index contributed by atoms with van der Waals surface area (Å²) < 4.78 is 11.9. The Kier molecular flexibility index (Phi) is 7.99. The summed E-state index contributed by atoms with van der Waals surface area (Å²) in [4.78, 5) is 34.7. The number of carboxylic acids is 1. The molecule has 2 heterocycles. The van der Waals surface area contributed by atoms with Crippen LogP contribution in [0, 0.1) is 6.92 Å². The predicted octanol–water partition coefficient (Wildman–Crippen LogP) is 3.86. The molecule has 188 valence electrons. The first-order valence-corrected chi connectivity index (χ1v) is 12.0. The van der Waals surface area contributed by atoms with Crippen molar-refractivity contribution in [3.8, 4) is 11.5 Å². The molecule has 1 aromatic heterocycles. The molecule has 0 bridgehead atoms. The quantitative estimate of drug-likeness (QED) is 0.465. The molecule has 3 aromatic rings. The van der Waals surface area contributed by atoms with Gasteiger partial charge in [-0.25, -0.2) is 14.8 Å². The molecule has 0 aliphatic carbocycles. The molecule has 1 saturated heterocycles. The first-order valence-electron chi connectivity index (χ1n) is 12.0. The highest BCUT2D eigenvalue weighted by Crippen LogP contribution is 2.29. The van der Waals surface area contributed by atoms with Gasteiger partial charge in [-0.15, -0.1) is 0 Å². The summed E-state index contributed by atoms with van der Waals surface area (Å²) >= 11 is 0. The van der Waals surface area contributed by atoms with Crippen LogP contribution in [-0.2, 0) is 6.54 Å². The van der Waals surface area contributed by atoms with Crippen molar-refractivity contribution in [3.63, 3.8) is 0 Å². The van der Waals surface area contributed by atoms with Crippen LogP contribution >= 0.6 is 0 Å². The molecular formula is C27H30N4O5. The van der Waals surface area contributed by atoms with E-state index < -0.39 is 5.97 Å². The van der Waals surface area contributed by atoms with Gasteiger partial charge in [-0.3, -0.25) is 4.79 Å². The summed E-state index contributed by atoms with van der Waals surface area (Å²) in [5, 5.41) is 12.0. The number of aryl methyl sites for hydroxylation is 1. The minimum atomic E-state index is -1.00. The Labute approximate surface area is 210 Å². The van der Waals surface area contributed by atoms with Crippen molar-refractivity contribution >= 4 is 17.8 Å². The Balaban J connectivity index is 1.35. The molecule has 36 heavy (non-hydrogen) atoms. The zero-order valence-corrected chi connectivity index (χ0v) is 20.4. The van der Waals surface area contributed by atoms with Gasteiger partial charge in [0.15, 0.2) is 11.5 Å². The number of amides is 1. The second-order valence-electron chi connectivity index (χ2n) is 8.67. The molecule has 9 heteroatoms. The van der Waals surface area contributed by atoms with E-state index in [-0.39, 0.29) is 24.1 Å². The molecule has 0 radical (unpaired) electrons. The number of carbonyl (C=O) groups excluding carboxylic acids is 1. The fourth-order valence-electron chi connectivity index (χ4n) is 4.19. The van der Waals surface area contributed by atoms with Gasteiger partial charge in [0, 0.05) is 25.5 Å². The monoisotopic (exact) mass is 490 g/mol.